The van der Waals surface area contributed by atoms with E-state index in [1.54, 1.807) is 18.2 Å². The normalized spacial score (nSPS) is 34.3. The van der Waals surface area contributed by atoms with Gasteiger partial charge in [0.15, 0.2) is 35.6 Å². The van der Waals surface area contributed by atoms with E-state index in [1.165, 1.54) is 25.6 Å². The number of hydrogen-bond acceptors (Lipinski definition) is 14. The van der Waals surface area contributed by atoms with Gasteiger partial charge in [-0.15, -0.1) is 11.3 Å². The number of aromatic hydroxyl groups is 1. The molecule has 14 heteroatoms. The van der Waals surface area contributed by atoms with Gasteiger partial charge in [-0.2, -0.15) is 0 Å². The first-order chi connectivity index (χ1) is 22.4. The van der Waals surface area contributed by atoms with E-state index in [4.69, 9.17) is 42.6 Å². The predicted octanol–water partition coefficient (Wildman–Crippen LogP) is 2.75. The number of methoxy groups -OCH3 is 2. The maximum atomic E-state index is 13.5. The maximum absolute atomic E-state index is 13.5. The first-order valence-corrected chi connectivity index (χ1v) is 15.8. The summed E-state index contributed by atoms with van der Waals surface area (Å²) in [5.74, 6) is -1.08. The average Bonchev–Trinajstić information content (AvgIpc) is 3.85. The monoisotopic (exact) mass is 656 g/mol. The summed E-state index contributed by atoms with van der Waals surface area (Å²) in [4.78, 5) is 14.3. The highest BCUT2D eigenvalue weighted by Gasteiger charge is 2.56. The fourth-order valence-electron chi connectivity index (χ4n) is 7.18. The number of aliphatic hydroxyl groups is 2. The highest BCUT2D eigenvalue weighted by atomic mass is 32.1. The molecule has 3 saturated heterocycles. The Labute approximate surface area is 267 Å². The minimum absolute atomic E-state index is 0.0242. The zero-order valence-electron chi connectivity index (χ0n) is 24.8. The summed E-state index contributed by atoms with van der Waals surface area (Å²) in [6.45, 7) is 0.171. The van der Waals surface area contributed by atoms with Gasteiger partial charge in [-0.1, -0.05) is 6.07 Å². The molecule has 4 aliphatic heterocycles. The van der Waals surface area contributed by atoms with Crippen molar-refractivity contribution in [3.63, 3.8) is 0 Å². The van der Waals surface area contributed by atoms with Gasteiger partial charge in [-0.3, -0.25) is 4.79 Å². The lowest BCUT2D eigenvalue weighted by Crippen LogP contribution is -2.62. The number of phenolic OH excluding ortho intramolecular Hbond substituents is 1. The number of rotatable bonds is 6. The third-order valence-corrected chi connectivity index (χ3v) is 10.3. The minimum atomic E-state index is -1.47. The van der Waals surface area contributed by atoms with Gasteiger partial charge in [0, 0.05) is 11.8 Å². The number of aliphatic hydroxyl groups excluding tert-OH is 2. The van der Waals surface area contributed by atoms with Crippen molar-refractivity contribution in [2.75, 3.05) is 34.2 Å². The average molecular weight is 657 g/mol. The quantitative estimate of drug-likeness (QED) is 0.333. The van der Waals surface area contributed by atoms with E-state index in [2.05, 4.69) is 0 Å². The summed E-state index contributed by atoms with van der Waals surface area (Å²) in [7, 11) is 2.86. The molecule has 3 aromatic rings. The van der Waals surface area contributed by atoms with Crippen LogP contribution in [0.3, 0.4) is 0 Å². The summed E-state index contributed by atoms with van der Waals surface area (Å²) in [6.07, 6.45) is -7.16. The molecule has 10 atom stereocenters. The molecule has 3 fully saturated rings. The summed E-state index contributed by atoms with van der Waals surface area (Å²) in [5, 5.41) is 35.0. The molecule has 0 spiro atoms. The van der Waals surface area contributed by atoms with Crippen molar-refractivity contribution in [2.45, 2.75) is 49.0 Å². The molecule has 13 nitrogen and oxygen atoms in total. The molecule has 244 valence electrons. The van der Waals surface area contributed by atoms with Gasteiger partial charge in [0.25, 0.3) is 0 Å². The van der Waals surface area contributed by atoms with Crippen molar-refractivity contribution in [1.82, 2.24) is 0 Å². The second kappa shape index (κ2) is 11.6. The molecule has 5 heterocycles. The molecular formula is C32H32O13S. The standard InChI is InChI=1S/C32H32O13S/c1-37-19-6-13(7-20(38-2)25(19)33)23-14-8-17-18(42-12-41-17)9-15(14)28(16-10-39-30(36)24(16)23)44-32-27(35)26(34)29-21(43-32)11-40-31(45-29)22-4-3-5-46-22/h3-9,16,21,23-24,26-29,31-35H,10-12H2,1-2H3/t16-,21+,23+,24-,26+,27+,28+,29+,31?,32?/m0/s1. The van der Waals surface area contributed by atoms with E-state index in [1.807, 2.05) is 23.6 Å². The number of benzene rings is 2. The molecule has 1 aromatic heterocycles. The fraction of sp³-hybridized carbons (Fsp3) is 0.469. The van der Waals surface area contributed by atoms with Crippen LogP contribution < -0.4 is 18.9 Å². The third-order valence-electron chi connectivity index (χ3n) is 9.37. The van der Waals surface area contributed by atoms with Crippen LogP contribution in [0.4, 0.5) is 0 Å². The van der Waals surface area contributed by atoms with Crippen molar-refractivity contribution in [3.8, 4) is 28.7 Å². The molecule has 0 amide bonds. The Morgan fingerprint density at radius 3 is 2.35 bits per heavy atom. The van der Waals surface area contributed by atoms with Gasteiger partial charge >= 0.3 is 5.97 Å². The van der Waals surface area contributed by atoms with Crippen LogP contribution in [0.15, 0.2) is 41.8 Å². The molecule has 5 aliphatic rings. The van der Waals surface area contributed by atoms with Crippen molar-refractivity contribution >= 4 is 17.3 Å². The zero-order chi connectivity index (χ0) is 31.7. The lowest BCUT2D eigenvalue weighted by atomic mass is 9.66. The van der Waals surface area contributed by atoms with E-state index >= 15 is 0 Å². The van der Waals surface area contributed by atoms with Crippen molar-refractivity contribution < 1.29 is 62.7 Å². The number of carbonyl (C=O) groups is 1. The number of carbonyl (C=O) groups excluding carboxylic acids is 1. The topological polar surface area (TPSA) is 161 Å². The molecule has 0 saturated carbocycles. The number of phenols is 1. The molecule has 2 aromatic carbocycles. The van der Waals surface area contributed by atoms with Crippen molar-refractivity contribution in [1.29, 1.82) is 0 Å². The van der Waals surface area contributed by atoms with E-state index < -0.39 is 66.8 Å². The highest BCUT2D eigenvalue weighted by molar-refractivity contribution is 7.10. The zero-order valence-corrected chi connectivity index (χ0v) is 25.6. The van der Waals surface area contributed by atoms with Crippen LogP contribution in [0.25, 0.3) is 0 Å². The van der Waals surface area contributed by atoms with Gasteiger partial charge in [0.1, 0.15) is 24.4 Å². The molecular weight excluding hydrogens is 624 g/mol. The molecule has 0 bridgehead atoms. The van der Waals surface area contributed by atoms with E-state index in [9.17, 15) is 20.1 Å². The van der Waals surface area contributed by atoms with Crippen LogP contribution in [0.2, 0.25) is 0 Å². The number of ether oxygens (including phenoxy) is 9. The highest BCUT2D eigenvalue weighted by Crippen LogP contribution is 2.57. The van der Waals surface area contributed by atoms with Crippen molar-refractivity contribution in [3.05, 3.63) is 63.3 Å². The Kier molecular flexibility index (Phi) is 7.48. The Balaban J connectivity index is 1.16. The second-order valence-electron chi connectivity index (χ2n) is 11.8. The van der Waals surface area contributed by atoms with E-state index in [-0.39, 0.29) is 37.3 Å². The molecule has 46 heavy (non-hydrogen) atoms. The van der Waals surface area contributed by atoms with Crippen LogP contribution in [-0.2, 0) is 28.5 Å². The van der Waals surface area contributed by atoms with Crippen LogP contribution in [0.1, 0.15) is 39.9 Å². The largest absolute Gasteiger partial charge is 0.502 e. The Morgan fingerprint density at radius 1 is 0.913 bits per heavy atom. The first-order valence-electron chi connectivity index (χ1n) is 14.9. The lowest BCUT2D eigenvalue weighted by Gasteiger charge is -2.48. The lowest BCUT2D eigenvalue weighted by molar-refractivity contribution is -0.368. The summed E-state index contributed by atoms with van der Waals surface area (Å²) in [5.41, 5.74) is 2.00. The third kappa shape index (κ3) is 4.70. The molecule has 0 radical (unpaired) electrons. The number of hydrogen-bond donors (Lipinski definition) is 3. The van der Waals surface area contributed by atoms with Gasteiger partial charge in [0.2, 0.25) is 12.5 Å². The van der Waals surface area contributed by atoms with Gasteiger partial charge in [0.05, 0.1) is 44.3 Å². The van der Waals surface area contributed by atoms with Gasteiger partial charge < -0.3 is 58.0 Å². The Morgan fingerprint density at radius 2 is 1.65 bits per heavy atom. The predicted molar refractivity (Wildman–Crippen MR) is 156 cm³/mol. The summed E-state index contributed by atoms with van der Waals surface area (Å²) >= 11 is 1.46. The summed E-state index contributed by atoms with van der Waals surface area (Å²) in [6, 6.07) is 10.7. The van der Waals surface area contributed by atoms with E-state index in [0.717, 1.165) is 4.88 Å². The van der Waals surface area contributed by atoms with Crippen LogP contribution in [0.5, 0.6) is 28.7 Å². The fourth-order valence-corrected chi connectivity index (χ4v) is 7.89. The number of esters is 1. The van der Waals surface area contributed by atoms with Gasteiger partial charge in [-0.05, 0) is 52.4 Å². The molecule has 1 aliphatic carbocycles. The molecule has 8 rings (SSSR count). The Hall–Kier alpha value is -3.63. The molecule has 3 N–H and O–H groups in total. The second-order valence-corrected chi connectivity index (χ2v) is 12.7. The number of thiophene rings is 1. The van der Waals surface area contributed by atoms with Crippen molar-refractivity contribution in [2.24, 2.45) is 11.8 Å². The summed E-state index contributed by atoms with van der Waals surface area (Å²) < 4.78 is 52.6. The smallest absolute Gasteiger partial charge is 0.310 e. The van der Waals surface area contributed by atoms with Gasteiger partial charge in [-0.25, -0.2) is 0 Å². The van der Waals surface area contributed by atoms with Crippen LogP contribution in [-0.4, -0.2) is 86.2 Å². The first kappa shape index (κ1) is 29.8. The minimum Gasteiger partial charge on any atom is -0.502 e. The Bertz CT molecular complexity index is 1600. The van der Waals surface area contributed by atoms with Crippen LogP contribution >= 0.6 is 11.3 Å². The number of fused-ring (bicyclic) bond motifs is 4. The number of cyclic esters (lactones) is 1. The van der Waals surface area contributed by atoms with E-state index in [0.29, 0.717) is 28.2 Å². The molecule has 2 unspecified atom stereocenters. The van der Waals surface area contributed by atoms with Crippen LogP contribution in [0, 0.1) is 11.8 Å². The SMILES string of the molecule is COc1cc([C@@H]2c3cc4c(cc3[C@@H](OC3O[C@@H]5COC(c6cccs6)O[C@H]5[C@H](O)[C@H]3O)[C@H]3COC(=O)[C@H]23)OCO4)cc(OC)c1O. The maximum Gasteiger partial charge on any atom is 0.310 e.